The molecule has 0 unspecified atom stereocenters. The van der Waals surface area contributed by atoms with Crippen molar-refractivity contribution in [2.75, 3.05) is 20.4 Å². The number of methoxy groups -OCH3 is 1. The van der Waals surface area contributed by atoms with Crippen molar-refractivity contribution in [3.05, 3.63) is 34.9 Å². The molecule has 0 aromatic heterocycles. The van der Waals surface area contributed by atoms with E-state index in [1.165, 1.54) is 12.7 Å². The summed E-state index contributed by atoms with van der Waals surface area (Å²) in [5.41, 5.74) is 2.33. The minimum absolute atomic E-state index is 0.0557. The van der Waals surface area contributed by atoms with Gasteiger partial charge in [-0.05, 0) is 69.7 Å². The number of hydrogen-bond donors (Lipinski definition) is 0. The first-order valence-electron chi connectivity index (χ1n) is 9.52. The van der Waals surface area contributed by atoms with Crippen molar-refractivity contribution >= 4 is 12.1 Å². The number of ether oxygens (including phenoxy) is 3. The monoisotopic (exact) mass is 377 g/mol. The lowest BCUT2D eigenvalue weighted by atomic mass is 9.86. The summed E-state index contributed by atoms with van der Waals surface area (Å²) in [5.74, 6) is -0.386. The largest absolute Gasteiger partial charge is 0.444 e. The molecule has 0 fully saturated rings. The molecule has 1 atom stereocenters. The molecule has 2 rings (SSSR count). The van der Waals surface area contributed by atoms with E-state index >= 15 is 0 Å². The Balaban J connectivity index is 2.11. The zero-order valence-corrected chi connectivity index (χ0v) is 17.0. The van der Waals surface area contributed by atoms with Gasteiger partial charge in [-0.3, -0.25) is 0 Å². The molecule has 1 aromatic rings. The van der Waals surface area contributed by atoms with Crippen molar-refractivity contribution in [1.82, 2.24) is 4.90 Å². The van der Waals surface area contributed by atoms with E-state index in [0.29, 0.717) is 12.1 Å². The molecule has 0 aliphatic heterocycles. The second-order valence-corrected chi connectivity index (χ2v) is 7.89. The zero-order valence-electron chi connectivity index (χ0n) is 17.0. The second-order valence-electron chi connectivity index (χ2n) is 7.89. The van der Waals surface area contributed by atoms with Crippen LogP contribution in [0.4, 0.5) is 4.79 Å². The van der Waals surface area contributed by atoms with Crippen molar-refractivity contribution in [2.24, 2.45) is 0 Å². The fourth-order valence-electron chi connectivity index (χ4n) is 3.31. The fourth-order valence-corrected chi connectivity index (χ4v) is 3.31. The van der Waals surface area contributed by atoms with Gasteiger partial charge >= 0.3 is 12.1 Å². The van der Waals surface area contributed by atoms with Crippen LogP contribution in [0, 0.1) is 0 Å². The van der Waals surface area contributed by atoms with Crippen molar-refractivity contribution in [1.29, 1.82) is 0 Å². The van der Waals surface area contributed by atoms with E-state index in [1.807, 2.05) is 37.8 Å². The molecule has 6 nitrogen and oxygen atoms in total. The SMILES string of the molecule is CCCN(C(=O)OC(C)(C)C)[C@H]1CCc2cc(C(=O)OCOC)ccc2C1. The molecule has 0 saturated carbocycles. The lowest BCUT2D eigenvalue weighted by Gasteiger charge is -2.36. The van der Waals surface area contributed by atoms with Crippen LogP contribution >= 0.6 is 0 Å². The van der Waals surface area contributed by atoms with E-state index < -0.39 is 5.60 Å². The van der Waals surface area contributed by atoms with E-state index in [2.05, 4.69) is 6.92 Å². The number of hydrogen-bond acceptors (Lipinski definition) is 5. The highest BCUT2D eigenvalue weighted by atomic mass is 16.7. The van der Waals surface area contributed by atoms with E-state index in [-0.39, 0.29) is 24.9 Å². The first-order valence-corrected chi connectivity index (χ1v) is 9.52. The van der Waals surface area contributed by atoms with Crippen molar-refractivity contribution < 1.29 is 23.8 Å². The standard InChI is InChI=1S/C21H31NO5/c1-6-11-22(20(24)27-21(2,3)4)18-10-9-15-12-17(8-7-16(15)13-18)19(23)26-14-25-5/h7-8,12,18H,6,9-11,13-14H2,1-5H3/t18-/m0/s1. The van der Waals surface area contributed by atoms with Crippen molar-refractivity contribution in [2.45, 2.75) is 65.0 Å². The maximum absolute atomic E-state index is 12.6. The summed E-state index contributed by atoms with van der Waals surface area (Å²) in [7, 11) is 1.48. The minimum Gasteiger partial charge on any atom is -0.444 e. The minimum atomic E-state index is -0.507. The summed E-state index contributed by atoms with van der Waals surface area (Å²) >= 11 is 0. The Hall–Kier alpha value is -2.08. The quantitative estimate of drug-likeness (QED) is 0.555. The van der Waals surface area contributed by atoms with Crippen LogP contribution in [0.2, 0.25) is 0 Å². The molecule has 1 amide bonds. The molecule has 0 spiro atoms. The summed E-state index contributed by atoms with van der Waals surface area (Å²) in [6.07, 6.45) is 3.06. The van der Waals surface area contributed by atoms with Crippen LogP contribution < -0.4 is 0 Å². The lowest BCUT2D eigenvalue weighted by Crippen LogP contribution is -2.46. The number of fused-ring (bicyclic) bond motifs is 1. The lowest BCUT2D eigenvalue weighted by molar-refractivity contribution is -0.0125. The number of amides is 1. The van der Waals surface area contributed by atoms with Gasteiger partial charge in [0.1, 0.15) is 5.60 Å². The van der Waals surface area contributed by atoms with Crippen molar-refractivity contribution in [3.8, 4) is 0 Å². The molecule has 0 radical (unpaired) electrons. The topological polar surface area (TPSA) is 65.1 Å². The normalized spacial score (nSPS) is 16.4. The third-order valence-electron chi connectivity index (χ3n) is 4.49. The Kier molecular flexibility index (Phi) is 7.25. The van der Waals surface area contributed by atoms with Gasteiger partial charge in [0.15, 0.2) is 6.79 Å². The van der Waals surface area contributed by atoms with Crippen LogP contribution in [0.15, 0.2) is 18.2 Å². The predicted molar refractivity (Wildman–Crippen MR) is 103 cm³/mol. The first-order chi connectivity index (χ1) is 12.7. The van der Waals surface area contributed by atoms with Gasteiger partial charge in [-0.15, -0.1) is 0 Å². The Labute approximate surface area is 161 Å². The molecular weight excluding hydrogens is 346 g/mol. The van der Waals surface area contributed by atoms with Gasteiger partial charge in [-0.1, -0.05) is 13.0 Å². The predicted octanol–water partition coefficient (Wildman–Crippen LogP) is 3.95. The number of aryl methyl sites for hydroxylation is 1. The number of nitrogens with zero attached hydrogens (tertiary/aromatic N) is 1. The molecule has 150 valence electrons. The maximum Gasteiger partial charge on any atom is 0.410 e. The number of carbonyl (C=O) groups excluding carboxylic acids is 2. The van der Waals surface area contributed by atoms with Crippen LogP contribution in [-0.2, 0) is 27.1 Å². The van der Waals surface area contributed by atoms with Gasteiger partial charge in [0.05, 0.1) is 5.56 Å². The van der Waals surface area contributed by atoms with E-state index in [4.69, 9.17) is 14.2 Å². The van der Waals surface area contributed by atoms with E-state index in [0.717, 1.165) is 31.2 Å². The number of rotatable bonds is 6. The molecule has 0 saturated heterocycles. The maximum atomic E-state index is 12.6. The number of benzene rings is 1. The molecule has 0 bridgehead atoms. The van der Waals surface area contributed by atoms with Gasteiger partial charge in [-0.2, -0.15) is 0 Å². The van der Waals surface area contributed by atoms with Crippen LogP contribution in [0.5, 0.6) is 0 Å². The summed E-state index contributed by atoms with van der Waals surface area (Å²) in [6.45, 7) is 8.34. The average Bonchev–Trinajstić information content (AvgIpc) is 2.61. The summed E-state index contributed by atoms with van der Waals surface area (Å²) < 4.78 is 15.4. The van der Waals surface area contributed by atoms with Crippen LogP contribution in [0.1, 0.15) is 62.0 Å². The Morgan fingerprint density at radius 2 is 1.96 bits per heavy atom. The Morgan fingerprint density at radius 1 is 1.22 bits per heavy atom. The smallest absolute Gasteiger partial charge is 0.410 e. The molecular formula is C21H31NO5. The van der Waals surface area contributed by atoms with Gasteiger partial charge < -0.3 is 19.1 Å². The molecule has 1 aliphatic carbocycles. The molecule has 0 heterocycles. The highest BCUT2D eigenvalue weighted by Crippen LogP contribution is 2.27. The highest BCUT2D eigenvalue weighted by Gasteiger charge is 2.30. The third kappa shape index (κ3) is 5.96. The Morgan fingerprint density at radius 3 is 2.59 bits per heavy atom. The van der Waals surface area contributed by atoms with Crippen LogP contribution in [0.3, 0.4) is 0 Å². The number of esters is 1. The molecule has 27 heavy (non-hydrogen) atoms. The van der Waals surface area contributed by atoms with Crippen LogP contribution in [-0.4, -0.2) is 49.1 Å². The molecule has 1 aliphatic rings. The molecule has 1 aromatic carbocycles. The second kappa shape index (κ2) is 9.22. The number of carbonyl (C=O) groups is 2. The van der Waals surface area contributed by atoms with E-state index in [1.54, 1.807) is 6.07 Å². The fraction of sp³-hybridized carbons (Fsp3) is 0.619. The van der Waals surface area contributed by atoms with Crippen LogP contribution in [0.25, 0.3) is 0 Å². The van der Waals surface area contributed by atoms with E-state index in [9.17, 15) is 9.59 Å². The first kappa shape index (κ1) is 21.2. The summed E-state index contributed by atoms with van der Waals surface area (Å²) in [6, 6.07) is 5.74. The Bertz CT molecular complexity index is 665. The van der Waals surface area contributed by atoms with Gasteiger partial charge in [0, 0.05) is 19.7 Å². The van der Waals surface area contributed by atoms with Gasteiger partial charge in [0.2, 0.25) is 0 Å². The summed E-state index contributed by atoms with van der Waals surface area (Å²) in [4.78, 5) is 26.5. The average molecular weight is 377 g/mol. The van der Waals surface area contributed by atoms with Crippen molar-refractivity contribution in [3.63, 3.8) is 0 Å². The van der Waals surface area contributed by atoms with Gasteiger partial charge in [-0.25, -0.2) is 9.59 Å². The zero-order chi connectivity index (χ0) is 20.0. The summed E-state index contributed by atoms with van der Waals surface area (Å²) in [5, 5.41) is 0. The molecule has 6 heteroatoms. The van der Waals surface area contributed by atoms with Gasteiger partial charge in [0.25, 0.3) is 0 Å². The molecule has 0 N–H and O–H groups in total. The third-order valence-corrected chi connectivity index (χ3v) is 4.49. The highest BCUT2D eigenvalue weighted by molar-refractivity contribution is 5.89.